The average molecular weight is 450 g/mol. The number of aromatic nitrogens is 3. The zero-order valence-electron chi connectivity index (χ0n) is 17.7. The molecule has 6 heteroatoms. The Bertz CT molecular complexity index is 1660. The number of pyridine rings is 1. The number of hydrogen-bond acceptors (Lipinski definition) is 3. The molecule has 0 radical (unpaired) electrons. The van der Waals surface area contributed by atoms with E-state index < -0.39 is 5.97 Å². The van der Waals surface area contributed by atoms with Gasteiger partial charge in [0.2, 0.25) is 0 Å². The molecular weight excluding hydrogens is 430 g/mol. The third-order valence-corrected chi connectivity index (χ3v) is 7.06. The predicted octanol–water partition coefficient (Wildman–Crippen LogP) is 6.88. The van der Waals surface area contributed by atoms with Gasteiger partial charge < -0.3 is 14.5 Å². The lowest BCUT2D eigenvalue weighted by Gasteiger charge is -2.06. The highest BCUT2D eigenvalue weighted by molar-refractivity contribution is 7.18. The second-order valence-electron chi connectivity index (χ2n) is 7.96. The van der Waals surface area contributed by atoms with Crippen molar-refractivity contribution in [2.45, 2.75) is 6.92 Å². The van der Waals surface area contributed by atoms with Crippen molar-refractivity contribution in [2.24, 2.45) is 0 Å². The van der Waals surface area contributed by atoms with E-state index in [9.17, 15) is 9.90 Å². The molecule has 0 aliphatic carbocycles. The molecule has 0 unspecified atom stereocenters. The molecule has 0 spiro atoms. The second kappa shape index (κ2) is 7.46. The van der Waals surface area contributed by atoms with E-state index in [1.165, 1.54) is 22.2 Å². The summed E-state index contributed by atoms with van der Waals surface area (Å²) in [4.78, 5) is 21.4. The third-order valence-electron chi connectivity index (χ3n) is 5.96. The maximum atomic E-state index is 11.3. The first-order chi connectivity index (χ1) is 16.1. The lowest BCUT2D eigenvalue weighted by Crippen LogP contribution is -1.94. The van der Waals surface area contributed by atoms with Crippen molar-refractivity contribution in [1.82, 2.24) is 14.4 Å². The van der Waals surface area contributed by atoms with Gasteiger partial charge in [0.15, 0.2) is 0 Å². The third kappa shape index (κ3) is 3.15. The summed E-state index contributed by atoms with van der Waals surface area (Å²) in [5.41, 5.74) is 7.71. The van der Waals surface area contributed by atoms with Crippen molar-refractivity contribution in [1.29, 1.82) is 0 Å². The molecule has 2 N–H and O–H groups in total. The zero-order valence-corrected chi connectivity index (χ0v) is 18.6. The summed E-state index contributed by atoms with van der Waals surface area (Å²) >= 11 is 1.67. The van der Waals surface area contributed by atoms with Gasteiger partial charge in [0.25, 0.3) is 0 Å². The summed E-state index contributed by atoms with van der Waals surface area (Å²) in [6.45, 7) is 2.18. The van der Waals surface area contributed by atoms with E-state index in [1.54, 1.807) is 29.5 Å². The van der Waals surface area contributed by atoms with Gasteiger partial charge in [-0.25, -0.2) is 9.78 Å². The van der Waals surface area contributed by atoms with Gasteiger partial charge in [0.1, 0.15) is 5.82 Å². The van der Waals surface area contributed by atoms with Gasteiger partial charge in [0.05, 0.1) is 32.0 Å². The Morgan fingerprint density at radius 2 is 1.76 bits per heavy atom. The van der Waals surface area contributed by atoms with Crippen molar-refractivity contribution < 1.29 is 9.90 Å². The van der Waals surface area contributed by atoms with Gasteiger partial charge in [-0.2, -0.15) is 0 Å². The summed E-state index contributed by atoms with van der Waals surface area (Å²) in [6, 6.07) is 25.9. The lowest BCUT2D eigenvalue weighted by atomic mass is 10.0. The van der Waals surface area contributed by atoms with Crippen LogP contribution in [-0.4, -0.2) is 25.4 Å². The molecule has 6 rings (SSSR count). The molecule has 0 aliphatic rings. The van der Waals surface area contributed by atoms with E-state index in [0.717, 1.165) is 26.8 Å². The maximum Gasteiger partial charge on any atom is 0.335 e. The van der Waals surface area contributed by atoms with Crippen LogP contribution in [0.3, 0.4) is 0 Å². The molecule has 0 amide bonds. The molecular formula is C27H19N3O2S. The fraction of sp³-hybridized carbons (Fsp3) is 0.0370. The summed E-state index contributed by atoms with van der Waals surface area (Å²) in [5.74, 6) is -0.216. The van der Waals surface area contributed by atoms with Crippen LogP contribution >= 0.6 is 11.3 Å². The van der Waals surface area contributed by atoms with Crippen molar-refractivity contribution in [3.63, 3.8) is 0 Å². The average Bonchev–Trinajstić information content (AvgIpc) is 3.55. The standard InChI is InChI=1S/C27H19N3O2S/c1-16-21-9-5-6-14-30(21)25(24(16)17-7-3-2-4-8-17)22-12-13-23(33-22)26-28-19-11-10-18(27(31)32)15-20(19)29-26/h2-15H,1H3,(H,28,29)(H,31,32). The van der Waals surface area contributed by atoms with Gasteiger partial charge in [-0.3, -0.25) is 0 Å². The summed E-state index contributed by atoms with van der Waals surface area (Å²) in [7, 11) is 0. The number of carbonyl (C=O) groups is 1. The molecule has 33 heavy (non-hydrogen) atoms. The number of aromatic carboxylic acids is 1. The number of benzene rings is 2. The van der Waals surface area contributed by atoms with Crippen LogP contribution in [0.4, 0.5) is 0 Å². The van der Waals surface area contributed by atoms with E-state index >= 15 is 0 Å². The first kappa shape index (κ1) is 19.5. The van der Waals surface area contributed by atoms with Crippen LogP contribution in [0, 0.1) is 6.92 Å². The minimum Gasteiger partial charge on any atom is -0.478 e. The Labute approximate surface area is 193 Å². The van der Waals surface area contributed by atoms with Crippen LogP contribution in [0.15, 0.2) is 85.1 Å². The van der Waals surface area contributed by atoms with E-state index in [-0.39, 0.29) is 5.56 Å². The number of aryl methyl sites for hydroxylation is 1. The number of hydrogen-bond donors (Lipinski definition) is 2. The molecule has 160 valence electrons. The van der Waals surface area contributed by atoms with Crippen LogP contribution < -0.4 is 0 Å². The highest BCUT2D eigenvalue weighted by atomic mass is 32.1. The van der Waals surface area contributed by atoms with Gasteiger partial charge in [-0.05, 0) is 60.5 Å². The Kier molecular flexibility index (Phi) is 4.41. The number of imidazole rings is 1. The van der Waals surface area contributed by atoms with Gasteiger partial charge in [-0.1, -0.05) is 36.4 Å². The number of carboxylic acids is 1. The highest BCUT2D eigenvalue weighted by Gasteiger charge is 2.20. The van der Waals surface area contributed by atoms with Crippen molar-refractivity contribution in [3.8, 4) is 32.4 Å². The first-order valence-electron chi connectivity index (χ1n) is 10.6. The van der Waals surface area contributed by atoms with E-state index in [0.29, 0.717) is 5.52 Å². The molecule has 2 aromatic carbocycles. The topological polar surface area (TPSA) is 70.4 Å². The molecule has 4 aromatic heterocycles. The zero-order chi connectivity index (χ0) is 22.5. The van der Waals surface area contributed by atoms with Crippen LogP contribution in [0.25, 0.3) is 48.9 Å². The molecule has 6 aromatic rings. The maximum absolute atomic E-state index is 11.3. The molecule has 0 aliphatic heterocycles. The van der Waals surface area contributed by atoms with Crippen molar-refractivity contribution in [2.75, 3.05) is 0 Å². The van der Waals surface area contributed by atoms with Crippen LogP contribution in [0.5, 0.6) is 0 Å². The minimum atomic E-state index is -0.955. The number of nitrogens with zero attached hydrogens (tertiary/aromatic N) is 2. The van der Waals surface area contributed by atoms with Gasteiger partial charge >= 0.3 is 5.97 Å². The summed E-state index contributed by atoms with van der Waals surface area (Å²) in [5, 5.41) is 9.27. The molecule has 0 atom stereocenters. The number of H-pyrrole nitrogens is 1. The normalized spacial score (nSPS) is 11.4. The lowest BCUT2D eigenvalue weighted by molar-refractivity contribution is 0.0697. The molecule has 0 saturated carbocycles. The fourth-order valence-corrected chi connectivity index (χ4v) is 5.42. The Balaban J connectivity index is 1.52. The number of rotatable bonds is 4. The van der Waals surface area contributed by atoms with Crippen molar-refractivity contribution in [3.05, 3.63) is 96.2 Å². The van der Waals surface area contributed by atoms with E-state index in [2.05, 4.69) is 82.1 Å². The number of nitrogens with one attached hydrogen (secondary N) is 1. The largest absolute Gasteiger partial charge is 0.478 e. The molecule has 0 fully saturated rings. The first-order valence-corrected chi connectivity index (χ1v) is 11.4. The van der Waals surface area contributed by atoms with E-state index in [1.807, 2.05) is 6.07 Å². The molecule has 5 nitrogen and oxygen atoms in total. The minimum absolute atomic E-state index is 0.232. The fourth-order valence-electron chi connectivity index (χ4n) is 4.42. The SMILES string of the molecule is Cc1c(-c2ccccc2)c(-c2ccc(-c3nc4cc(C(=O)O)ccc4[nH]3)s2)n2ccccc12. The number of carboxylic acid groups (broad SMARTS) is 1. The Morgan fingerprint density at radius 1 is 0.970 bits per heavy atom. The summed E-state index contributed by atoms with van der Waals surface area (Å²) < 4.78 is 2.26. The van der Waals surface area contributed by atoms with E-state index in [4.69, 9.17) is 0 Å². The van der Waals surface area contributed by atoms with Gasteiger partial charge in [0, 0.05) is 17.3 Å². The monoisotopic (exact) mass is 449 g/mol. The Hall–Kier alpha value is -4.16. The predicted molar refractivity (Wildman–Crippen MR) is 133 cm³/mol. The second-order valence-corrected chi connectivity index (χ2v) is 9.04. The smallest absolute Gasteiger partial charge is 0.335 e. The molecule has 4 heterocycles. The molecule has 0 saturated heterocycles. The quantitative estimate of drug-likeness (QED) is 0.308. The number of aromatic amines is 1. The molecule has 0 bridgehead atoms. The summed E-state index contributed by atoms with van der Waals surface area (Å²) in [6.07, 6.45) is 2.11. The van der Waals surface area contributed by atoms with Crippen LogP contribution in [-0.2, 0) is 0 Å². The van der Waals surface area contributed by atoms with Crippen molar-refractivity contribution >= 4 is 33.9 Å². The number of fused-ring (bicyclic) bond motifs is 2. The van der Waals surface area contributed by atoms with Crippen LogP contribution in [0.2, 0.25) is 0 Å². The highest BCUT2D eigenvalue weighted by Crippen LogP contribution is 2.43. The van der Waals surface area contributed by atoms with Crippen LogP contribution in [0.1, 0.15) is 15.9 Å². The Morgan fingerprint density at radius 3 is 2.58 bits per heavy atom. The van der Waals surface area contributed by atoms with Gasteiger partial charge in [-0.15, -0.1) is 11.3 Å². The number of thiophene rings is 1.